The van der Waals surface area contributed by atoms with E-state index in [9.17, 15) is 19.3 Å². The molecular weight excluding hydrogens is 329 g/mol. The molecule has 8 heteroatoms. The molecule has 0 radical (unpaired) electrons. The Bertz CT molecular complexity index is 922. The summed E-state index contributed by atoms with van der Waals surface area (Å²) in [5.41, 5.74) is 1.15. The van der Waals surface area contributed by atoms with E-state index in [2.05, 4.69) is 10.5 Å². The Morgan fingerprint density at radius 1 is 1.20 bits per heavy atom. The van der Waals surface area contributed by atoms with E-state index in [1.165, 1.54) is 36.4 Å². The Hall–Kier alpha value is -3.55. The maximum atomic E-state index is 12.9. The van der Waals surface area contributed by atoms with Crippen LogP contribution in [0.1, 0.15) is 16.1 Å². The van der Waals surface area contributed by atoms with Crippen molar-refractivity contribution in [3.05, 3.63) is 81.8 Å². The first-order chi connectivity index (χ1) is 12.0. The Kier molecular flexibility index (Phi) is 4.51. The molecule has 0 aliphatic rings. The quantitative estimate of drug-likeness (QED) is 0.567. The van der Waals surface area contributed by atoms with Gasteiger partial charge in [0.1, 0.15) is 11.5 Å². The predicted octanol–water partition coefficient (Wildman–Crippen LogP) is 3.32. The number of carbonyl (C=O) groups is 1. The fourth-order valence-electron chi connectivity index (χ4n) is 2.18. The number of hydrogen-bond acceptors (Lipinski definition) is 5. The van der Waals surface area contributed by atoms with Gasteiger partial charge in [-0.15, -0.1) is 0 Å². The van der Waals surface area contributed by atoms with Crippen LogP contribution in [0, 0.1) is 15.9 Å². The van der Waals surface area contributed by atoms with Crippen LogP contribution in [0.4, 0.5) is 10.1 Å². The molecule has 0 saturated heterocycles. The van der Waals surface area contributed by atoms with E-state index in [4.69, 9.17) is 4.52 Å². The molecule has 25 heavy (non-hydrogen) atoms. The lowest BCUT2D eigenvalue weighted by Gasteiger charge is -2.02. The first-order valence-corrected chi connectivity index (χ1v) is 7.27. The van der Waals surface area contributed by atoms with Gasteiger partial charge in [-0.05, 0) is 30.3 Å². The van der Waals surface area contributed by atoms with Crippen molar-refractivity contribution in [2.45, 2.75) is 6.54 Å². The average Bonchev–Trinajstić information content (AvgIpc) is 3.09. The number of hydrogen-bond donors (Lipinski definition) is 1. The van der Waals surface area contributed by atoms with Gasteiger partial charge >= 0.3 is 0 Å². The number of amides is 1. The molecule has 1 amide bonds. The number of halogens is 1. The third-order valence-electron chi connectivity index (χ3n) is 3.44. The number of nitrogens with one attached hydrogen (secondary N) is 1. The Morgan fingerprint density at radius 2 is 1.96 bits per heavy atom. The van der Waals surface area contributed by atoms with Crippen molar-refractivity contribution in [3.8, 4) is 11.3 Å². The van der Waals surface area contributed by atoms with Gasteiger partial charge in [-0.1, -0.05) is 11.2 Å². The molecule has 0 saturated carbocycles. The highest BCUT2D eigenvalue weighted by molar-refractivity contribution is 5.94. The molecule has 2 aromatic carbocycles. The third-order valence-corrected chi connectivity index (χ3v) is 3.44. The van der Waals surface area contributed by atoms with E-state index in [0.717, 1.165) is 0 Å². The minimum atomic E-state index is -0.566. The topological polar surface area (TPSA) is 98.3 Å². The fraction of sp³-hybridized carbons (Fsp3) is 0.0588. The summed E-state index contributed by atoms with van der Waals surface area (Å²) in [4.78, 5) is 22.2. The van der Waals surface area contributed by atoms with Crippen molar-refractivity contribution in [2.75, 3.05) is 0 Å². The SMILES string of the molecule is O=C(NCc1cc(-c2ccc(F)cc2)on1)c1cccc([N+](=O)[O-])c1. The van der Waals surface area contributed by atoms with Crippen LogP contribution in [0.3, 0.4) is 0 Å². The smallest absolute Gasteiger partial charge is 0.270 e. The number of rotatable bonds is 5. The number of nitrogens with zero attached hydrogens (tertiary/aromatic N) is 2. The van der Waals surface area contributed by atoms with Crippen molar-refractivity contribution in [2.24, 2.45) is 0 Å². The van der Waals surface area contributed by atoms with Gasteiger partial charge in [0, 0.05) is 29.3 Å². The summed E-state index contributed by atoms with van der Waals surface area (Å²) < 4.78 is 18.1. The van der Waals surface area contributed by atoms with Crippen molar-refractivity contribution in [1.29, 1.82) is 0 Å². The average molecular weight is 341 g/mol. The summed E-state index contributed by atoms with van der Waals surface area (Å²) in [6, 6.07) is 12.8. The summed E-state index contributed by atoms with van der Waals surface area (Å²) >= 11 is 0. The van der Waals surface area contributed by atoms with E-state index in [1.54, 1.807) is 18.2 Å². The van der Waals surface area contributed by atoms with Crippen LogP contribution in [0.15, 0.2) is 59.1 Å². The minimum Gasteiger partial charge on any atom is -0.356 e. The van der Waals surface area contributed by atoms with Gasteiger partial charge in [0.05, 0.1) is 11.5 Å². The van der Waals surface area contributed by atoms with Crippen LogP contribution in [-0.4, -0.2) is 16.0 Å². The van der Waals surface area contributed by atoms with E-state index in [1.807, 2.05) is 0 Å². The molecule has 0 aliphatic carbocycles. The number of non-ortho nitro benzene ring substituents is 1. The standard InChI is InChI=1S/C17H12FN3O4/c18-13-6-4-11(5-7-13)16-9-14(20-25-16)10-19-17(22)12-2-1-3-15(8-12)21(23)24/h1-9H,10H2,(H,19,22). The molecule has 0 atom stereocenters. The second kappa shape index (κ2) is 6.91. The molecule has 0 fully saturated rings. The third kappa shape index (κ3) is 3.86. The van der Waals surface area contributed by atoms with Crippen molar-refractivity contribution in [3.63, 3.8) is 0 Å². The molecule has 3 rings (SSSR count). The van der Waals surface area contributed by atoms with Crippen molar-refractivity contribution in [1.82, 2.24) is 10.5 Å². The molecule has 126 valence electrons. The molecule has 1 heterocycles. The van der Waals surface area contributed by atoms with Gasteiger partial charge in [0.25, 0.3) is 11.6 Å². The summed E-state index contributed by atoms with van der Waals surface area (Å²) in [6.07, 6.45) is 0. The monoisotopic (exact) mass is 341 g/mol. The maximum Gasteiger partial charge on any atom is 0.270 e. The normalized spacial score (nSPS) is 10.4. The van der Waals surface area contributed by atoms with Crippen molar-refractivity contribution < 1.29 is 18.6 Å². The highest BCUT2D eigenvalue weighted by Gasteiger charge is 2.12. The number of carbonyl (C=O) groups excluding carboxylic acids is 1. The Morgan fingerprint density at radius 3 is 2.68 bits per heavy atom. The van der Waals surface area contributed by atoms with Crippen LogP contribution < -0.4 is 5.32 Å². The van der Waals surface area contributed by atoms with Crippen LogP contribution in [-0.2, 0) is 6.54 Å². The first kappa shape index (κ1) is 16.3. The van der Waals surface area contributed by atoms with Crippen LogP contribution in [0.2, 0.25) is 0 Å². The van der Waals surface area contributed by atoms with Crippen LogP contribution in [0.25, 0.3) is 11.3 Å². The molecule has 1 aromatic heterocycles. The molecule has 3 aromatic rings. The lowest BCUT2D eigenvalue weighted by Crippen LogP contribution is -2.22. The largest absolute Gasteiger partial charge is 0.356 e. The molecule has 0 spiro atoms. The zero-order valence-corrected chi connectivity index (χ0v) is 12.8. The van der Waals surface area contributed by atoms with Gasteiger partial charge in [-0.2, -0.15) is 0 Å². The second-order valence-corrected chi connectivity index (χ2v) is 5.18. The van der Waals surface area contributed by atoms with E-state index < -0.39 is 10.8 Å². The van der Waals surface area contributed by atoms with E-state index in [0.29, 0.717) is 17.0 Å². The second-order valence-electron chi connectivity index (χ2n) is 5.18. The molecule has 0 aliphatic heterocycles. The van der Waals surface area contributed by atoms with E-state index in [-0.39, 0.29) is 23.6 Å². The molecule has 1 N–H and O–H groups in total. The minimum absolute atomic E-state index is 0.0895. The fourth-order valence-corrected chi connectivity index (χ4v) is 2.18. The number of nitro benzene ring substituents is 1. The zero-order chi connectivity index (χ0) is 17.8. The number of nitro groups is 1. The molecule has 0 unspecified atom stereocenters. The van der Waals surface area contributed by atoms with E-state index >= 15 is 0 Å². The summed E-state index contributed by atoms with van der Waals surface area (Å²) in [6.45, 7) is 0.0895. The number of aromatic nitrogens is 1. The summed E-state index contributed by atoms with van der Waals surface area (Å²) in [5, 5.41) is 17.2. The van der Waals surface area contributed by atoms with Crippen LogP contribution in [0.5, 0.6) is 0 Å². The predicted molar refractivity (Wildman–Crippen MR) is 86.2 cm³/mol. The highest BCUT2D eigenvalue weighted by atomic mass is 19.1. The van der Waals surface area contributed by atoms with Gasteiger partial charge in [-0.25, -0.2) is 4.39 Å². The highest BCUT2D eigenvalue weighted by Crippen LogP contribution is 2.20. The molecular formula is C17H12FN3O4. The Labute approximate surface area is 141 Å². The number of benzene rings is 2. The lowest BCUT2D eigenvalue weighted by molar-refractivity contribution is -0.384. The maximum absolute atomic E-state index is 12.9. The zero-order valence-electron chi connectivity index (χ0n) is 12.8. The van der Waals surface area contributed by atoms with Gasteiger partial charge in [0.15, 0.2) is 5.76 Å². The molecule has 7 nitrogen and oxygen atoms in total. The van der Waals surface area contributed by atoms with Crippen molar-refractivity contribution >= 4 is 11.6 Å². The summed E-state index contributed by atoms with van der Waals surface area (Å²) in [7, 11) is 0. The van der Waals surface area contributed by atoms with Crippen LogP contribution >= 0.6 is 0 Å². The molecule has 0 bridgehead atoms. The van der Waals surface area contributed by atoms with Gasteiger partial charge in [-0.3, -0.25) is 14.9 Å². The Balaban J connectivity index is 1.66. The van der Waals surface area contributed by atoms with Gasteiger partial charge < -0.3 is 9.84 Å². The lowest BCUT2D eigenvalue weighted by atomic mass is 10.1. The first-order valence-electron chi connectivity index (χ1n) is 7.27. The summed E-state index contributed by atoms with van der Waals surface area (Å²) in [5.74, 6) is -0.373. The van der Waals surface area contributed by atoms with Gasteiger partial charge in [0.2, 0.25) is 0 Å².